The lowest BCUT2D eigenvalue weighted by Crippen LogP contribution is -2.36. The number of benzene rings is 1. The second-order valence-electron chi connectivity index (χ2n) is 5.75. The SMILES string of the molecule is C#CCN(Cc1cc2c(cc1Br)OCCO2)C1CCS(=O)(=O)C1. The van der Waals surface area contributed by atoms with Gasteiger partial charge < -0.3 is 9.47 Å². The first kappa shape index (κ1) is 16.6. The largest absolute Gasteiger partial charge is 0.486 e. The third kappa shape index (κ3) is 3.82. The number of hydrogen-bond donors (Lipinski definition) is 0. The first-order chi connectivity index (χ1) is 11.0. The van der Waals surface area contributed by atoms with Crippen molar-refractivity contribution in [3.8, 4) is 23.8 Å². The molecule has 2 heterocycles. The lowest BCUT2D eigenvalue weighted by molar-refractivity contribution is 0.170. The van der Waals surface area contributed by atoms with Crippen LogP contribution in [0.1, 0.15) is 12.0 Å². The number of ether oxygens (including phenoxy) is 2. The summed E-state index contributed by atoms with van der Waals surface area (Å²) in [5, 5.41) is 0. The molecule has 0 spiro atoms. The van der Waals surface area contributed by atoms with Crippen LogP contribution >= 0.6 is 15.9 Å². The number of fused-ring (bicyclic) bond motifs is 1. The smallest absolute Gasteiger partial charge is 0.162 e. The Hall–Kier alpha value is -1.23. The summed E-state index contributed by atoms with van der Waals surface area (Å²) in [4.78, 5) is 2.04. The molecule has 0 N–H and O–H groups in total. The van der Waals surface area contributed by atoms with Crippen LogP contribution in [-0.4, -0.2) is 50.6 Å². The van der Waals surface area contributed by atoms with Crippen LogP contribution in [0, 0.1) is 12.3 Å². The number of halogens is 1. The van der Waals surface area contributed by atoms with Gasteiger partial charge in [-0.05, 0) is 24.1 Å². The van der Waals surface area contributed by atoms with Crippen LogP contribution < -0.4 is 9.47 Å². The Bertz CT molecular complexity index is 741. The zero-order chi connectivity index (χ0) is 16.4. The first-order valence-corrected chi connectivity index (χ1v) is 10.1. The molecule has 2 aliphatic rings. The molecule has 7 heteroatoms. The molecule has 1 aromatic rings. The maximum Gasteiger partial charge on any atom is 0.162 e. The Morgan fingerprint density at radius 3 is 2.61 bits per heavy atom. The van der Waals surface area contributed by atoms with Crippen molar-refractivity contribution in [1.29, 1.82) is 0 Å². The van der Waals surface area contributed by atoms with Gasteiger partial charge in [-0.15, -0.1) is 6.42 Å². The van der Waals surface area contributed by atoms with Gasteiger partial charge in [-0.25, -0.2) is 8.42 Å². The fraction of sp³-hybridized carbons (Fsp3) is 0.500. The summed E-state index contributed by atoms with van der Waals surface area (Å²) in [6.45, 7) is 2.06. The summed E-state index contributed by atoms with van der Waals surface area (Å²) in [7, 11) is -2.94. The van der Waals surface area contributed by atoms with Gasteiger partial charge in [0.2, 0.25) is 0 Å². The highest BCUT2D eigenvalue weighted by Gasteiger charge is 2.32. The van der Waals surface area contributed by atoms with E-state index in [2.05, 4.69) is 21.9 Å². The minimum atomic E-state index is -2.94. The summed E-state index contributed by atoms with van der Waals surface area (Å²) in [5.74, 6) is 4.49. The van der Waals surface area contributed by atoms with Crippen LogP contribution in [0.5, 0.6) is 11.5 Å². The fourth-order valence-corrected chi connectivity index (χ4v) is 5.15. The minimum absolute atomic E-state index is 0.0313. The maximum atomic E-state index is 11.7. The van der Waals surface area contributed by atoms with E-state index in [9.17, 15) is 8.42 Å². The third-order valence-electron chi connectivity index (χ3n) is 4.10. The summed E-state index contributed by atoms with van der Waals surface area (Å²) >= 11 is 3.55. The van der Waals surface area contributed by atoms with Crippen molar-refractivity contribution in [2.75, 3.05) is 31.3 Å². The van der Waals surface area contributed by atoms with E-state index in [0.717, 1.165) is 15.8 Å². The van der Waals surface area contributed by atoms with Crippen LogP contribution in [0.4, 0.5) is 0 Å². The number of nitrogens with zero attached hydrogens (tertiary/aromatic N) is 1. The van der Waals surface area contributed by atoms with E-state index in [1.165, 1.54) is 0 Å². The predicted octanol–water partition coefficient (Wildman–Crippen LogP) is 1.84. The number of hydrogen-bond acceptors (Lipinski definition) is 5. The molecule has 0 bridgehead atoms. The average molecular weight is 400 g/mol. The number of rotatable bonds is 4. The maximum absolute atomic E-state index is 11.7. The lowest BCUT2D eigenvalue weighted by atomic mass is 10.1. The molecule has 23 heavy (non-hydrogen) atoms. The molecule has 1 saturated heterocycles. The Morgan fingerprint density at radius 1 is 1.30 bits per heavy atom. The van der Waals surface area contributed by atoms with E-state index < -0.39 is 9.84 Å². The molecule has 124 valence electrons. The van der Waals surface area contributed by atoms with Gasteiger partial charge >= 0.3 is 0 Å². The molecule has 2 aliphatic heterocycles. The quantitative estimate of drug-likeness (QED) is 0.723. The Morgan fingerprint density at radius 2 is 2.00 bits per heavy atom. The summed E-state index contributed by atoms with van der Waals surface area (Å²) in [6, 6.07) is 3.80. The van der Waals surface area contributed by atoms with Crippen molar-refractivity contribution in [3.63, 3.8) is 0 Å². The molecule has 0 aromatic heterocycles. The topological polar surface area (TPSA) is 55.8 Å². The van der Waals surface area contributed by atoms with Crippen molar-refractivity contribution in [2.24, 2.45) is 0 Å². The van der Waals surface area contributed by atoms with Gasteiger partial charge in [0.25, 0.3) is 0 Å². The van der Waals surface area contributed by atoms with Gasteiger partial charge in [-0.3, -0.25) is 4.90 Å². The molecule has 5 nitrogen and oxygen atoms in total. The van der Waals surface area contributed by atoms with Crippen molar-refractivity contribution in [3.05, 3.63) is 22.2 Å². The van der Waals surface area contributed by atoms with E-state index in [0.29, 0.717) is 38.5 Å². The molecule has 1 unspecified atom stereocenters. The highest BCUT2D eigenvalue weighted by atomic mass is 79.9. The van der Waals surface area contributed by atoms with Gasteiger partial charge in [-0.2, -0.15) is 0 Å². The standard InChI is InChI=1S/C16H18BrNO4S/c1-2-4-18(13-3-7-23(19,20)11-13)10-12-8-15-16(9-14(12)17)22-6-5-21-15/h1,8-9,13H,3-7,10-11H2. The molecular formula is C16H18BrNO4S. The monoisotopic (exact) mass is 399 g/mol. The van der Waals surface area contributed by atoms with Crippen LogP contribution in [0.3, 0.4) is 0 Å². The van der Waals surface area contributed by atoms with Gasteiger partial charge in [0, 0.05) is 17.1 Å². The van der Waals surface area contributed by atoms with Crippen molar-refractivity contribution >= 4 is 25.8 Å². The van der Waals surface area contributed by atoms with E-state index in [4.69, 9.17) is 15.9 Å². The average Bonchev–Trinajstić information content (AvgIpc) is 2.87. The molecular weight excluding hydrogens is 382 g/mol. The van der Waals surface area contributed by atoms with E-state index in [1.54, 1.807) is 0 Å². The molecule has 3 rings (SSSR count). The summed E-state index contributed by atoms with van der Waals surface area (Å²) in [6.07, 6.45) is 6.10. The highest BCUT2D eigenvalue weighted by Crippen LogP contribution is 2.36. The normalized spacial score (nSPS) is 22.0. The molecule has 1 fully saturated rings. The molecule has 0 radical (unpaired) electrons. The van der Waals surface area contributed by atoms with Gasteiger partial charge in [0.15, 0.2) is 21.3 Å². The molecule has 0 saturated carbocycles. The first-order valence-electron chi connectivity index (χ1n) is 7.44. The van der Waals surface area contributed by atoms with Crippen molar-refractivity contribution < 1.29 is 17.9 Å². The molecule has 1 atom stereocenters. The molecule has 0 amide bonds. The zero-order valence-electron chi connectivity index (χ0n) is 12.6. The number of terminal acetylenes is 1. The van der Waals surface area contributed by atoms with E-state index >= 15 is 0 Å². The summed E-state index contributed by atoms with van der Waals surface area (Å²) in [5.41, 5.74) is 1.01. The second kappa shape index (κ2) is 6.71. The predicted molar refractivity (Wildman–Crippen MR) is 91.4 cm³/mol. The van der Waals surface area contributed by atoms with E-state index in [-0.39, 0.29) is 17.5 Å². The van der Waals surface area contributed by atoms with Crippen LogP contribution in [0.15, 0.2) is 16.6 Å². The highest BCUT2D eigenvalue weighted by molar-refractivity contribution is 9.10. The third-order valence-corrected chi connectivity index (χ3v) is 6.59. The summed E-state index contributed by atoms with van der Waals surface area (Å²) < 4.78 is 35.6. The van der Waals surface area contributed by atoms with Gasteiger partial charge in [0.05, 0.1) is 18.1 Å². The van der Waals surface area contributed by atoms with Crippen LogP contribution in [0.2, 0.25) is 0 Å². The second-order valence-corrected chi connectivity index (χ2v) is 8.84. The molecule has 1 aromatic carbocycles. The van der Waals surface area contributed by atoms with Gasteiger partial charge in [0.1, 0.15) is 13.2 Å². The Labute approximate surface area is 145 Å². The molecule has 0 aliphatic carbocycles. The Kier molecular flexibility index (Phi) is 4.85. The minimum Gasteiger partial charge on any atom is -0.486 e. The van der Waals surface area contributed by atoms with Crippen LogP contribution in [0.25, 0.3) is 0 Å². The van der Waals surface area contributed by atoms with Crippen molar-refractivity contribution in [2.45, 2.75) is 19.0 Å². The van der Waals surface area contributed by atoms with Gasteiger partial charge in [-0.1, -0.05) is 21.9 Å². The number of sulfone groups is 1. The fourth-order valence-electron chi connectivity index (χ4n) is 2.94. The lowest BCUT2D eigenvalue weighted by Gasteiger charge is -2.27. The van der Waals surface area contributed by atoms with E-state index in [1.807, 2.05) is 17.0 Å². The van der Waals surface area contributed by atoms with Crippen molar-refractivity contribution in [1.82, 2.24) is 4.90 Å². The van der Waals surface area contributed by atoms with Crippen LogP contribution in [-0.2, 0) is 16.4 Å². The zero-order valence-corrected chi connectivity index (χ0v) is 15.0. The Balaban J connectivity index is 1.82.